The van der Waals surface area contributed by atoms with Gasteiger partial charge in [-0.25, -0.2) is 0 Å². The molecule has 0 fully saturated rings. The van der Waals surface area contributed by atoms with E-state index < -0.39 is 5.97 Å². The van der Waals surface area contributed by atoms with Gasteiger partial charge in [0.15, 0.2) is 0 Å². The first-order valence-corrected chi connectivity index (χ1v) is 7.42. The zero-order valence-electron chi connectivity index (χ0n) is 13.1. The van der Waals surface area contributed by atoms with Gasteiger partial charge in [0.1, 0.15) is 0 Å². The van der Waals surface area contributed by atoms with Crippen LogP contribution >= 0.6 is 0 Å². The molecule has 3 heteroatoms. The van der Waals surface area contributed by atoms with Gasteiger partial charge in [0, 0.05) is 6.04 Å². The molecule has 1 unspecified atom stereocenters. The third-order valence-electron chi connectivity index (χ3n) is 3.86. The molecule has 0 aliphatic carbocycles. The van der Waals surface area contributed by atoms with E-state index in [0.717, 1.165) is 25.8 Å². The van der Waals surface area contributed by atoms with Gasteiger partial charge in [0.25, 0.3) is 0 Å². The van der Waals surface area contributed by atoms with Gasteiger partial charge in [-0.05, 0) is 51.4 Å². The molecule has 1 rings (SSSR count). The summed E-state index contributed by atoms with van der Waals surface area (Å²) in [5, 5.41) is 9.13. The predicted molar refractivity (Wildman–Crippen MR) is 83.2 cm³/mol. The number of aliphatic carboxylic acids is 1. The maximum atomic E-state index is 11.1. The molecule has 1 atom stereocenters. The Bertz CT molecular complexity index is 443. The van der Waals surface area contributed by atoms with Crippen LogP contribution < -0.4 is 0 Å². The van der Waals surface area contributed by atoms with E-state index in [9.17, 15) is 4.79 Å². The summed E-state index contributed by atoms with van der Waals surface area (Å²) in [6.45, 7) is 7.29. The van der Waals surface area contributed by atoms with E-state index in [0.29, 0.717) is 0 Å². The van der Waals surface area contributed by atoms with Crippen LogP contribution in [0.15, 0.2) is 18.2 Å². The van der Waals surface area contributed by atoms with Gasteiger partial charge < -0.3 is 10.0 Å². The molecular weight excluding hydrogens is 250 g/mol. The standard InChI is InChI=1S/C17H27NO2/c1-5-6-9-18(4)16(12-17(19)20)11-15-10-13(2)7-8-14(15)3/h7-8,10,16H,5-6,9,11-12H2,1-4H3,(H,19,20). The zero-order valence-corrected chi connectivity index (χ0v) is 13.1. The molecule has 1 aromatic carbocycles. The van der Waals surface area contributed by atoms with Crippen LogP contribution in [0.3, 0.4) is 0 Å². The number of carbonyl (C=O) groups is 1. The van der Waals surface area contributed by atoms with E-state index in [-0.39, 0.29) is 12.5 Å². The number of carboxylic acids is 1. The molecule has 1 aromatic rings. The Hall–Kier alpha value is -1.35. The lowest BCUT2D eigenvalue weighted by Crippen LogP contribution is -2.36. The molecule has 0 spiro atoms. The Morgan fingerprint density at radius 1 is 1.35 bits per heavy atom. The number of carboxylic acid groups (broad SMARTS) is 1. The van der Waals surface area contributed by atoms with Crippen molar-refractivity contribution < 1.29 is 9.90 Å². The minimum Gasteiger partial charge on any atom is -0.481 e. The quantitative estimate of drug-likeness (QED) is 0.791. The van der Waals surface area contributed by atoms with Crippen molar-refractivity contribution in [3.8, 4) is 0 Å². The normalized spacial score (nSPS) is 12.7. The molecule has 112 valence electrons. The summed E-state index contributed by atoms with van der Waals surface area (Å²) >= 11 is 0. The number of likely N-dealkylation sites (N-methyl/N-ethyl adjacent to an activating group) is 1. The largest absolute Gasteiger partial charge is 0.481 e. The number of rotatable bonds is 8. The van der Waals surface area contributed by atoms with Crippen LogP contribution in [0.2, 0.25) is 0 Å². The number of nitrogens with zero attached hydrogens (tertiary/aromatic N) is 1. The lowest BCUT2D eigenvalue weighted by atomic mass is 9.96. The van der Waals surface area contributed by atoms with Crippen molar-refractivity contribution in [2.24, 2.45) is 0 Å². The summed E-state index contributed by atoms with van der Waals surface area (Å²) in [6, 6.07) is 6.47. The van der Waals surface area contributed by atoms with E-state index in [2.05, 4.69) is 43.9 Å². The topological polar surface area (TPSA) is 40.5 Å². The zero-order chi connectivity index (χ0) is 15.1. The number of benzene rings is 1. The molecule has 1 N–H and O–H groups in total. The highest BCUT2D eigenvalue weighted by molar-refractivity contribution is 5.67. The fourth-order valence-electron chi connectivity index (χ4n) is 2.45. The van der Waals surface area contributed by atoms with E-state index in [1.165, 1.54) is 16.7 Å². The maximum Gasteiger partial charge on any atom is 0.304 e. The van der Waals surface area contributed by atoms with Crippen molar-refractivity contribution in [1.29, 1.82) is 0 Å². The molecular formula is C17H27NO2. The fourth-order valence-corrected chi connectivity index (χ4v) is 2.45. The Kier molecular flexibility index (Phi) is 6.73. The van der Waals surface area contributed by atoms with Crippen LogP contribution in [0.5, 0.6) is 0 Å². The van der Waals surface area contributed by atoms with Gasteiger partial charge >= 0.3 is 5.97 Å². The molecule has 0 saturated heterocycles. The highest BCUT2D eigenvalue weighted by atomic mass is 16.4. The van der Waals surface area contributed by atoms with Gasteiger partial charge in [-0.2, -0.15) is 0 Å². The molecule has 0 aliphatic heterocycles. The van der Waals surface area contributed by atoms with Gasteiger partial charge in [-0.1, -0.05) is 37.1 Å². The van der Waals surface area contributed by atoms with Crippen molar-refractivity contribution in [2.75, 3.05) is 13.6 Å². The molecule has 0 amide bonds. The minimum atomic E-state index is -0.719. The van der Waals surface area contributed by atoms with Crippen molar-refractivity contribution in [2.45, 2.75) is 52.5 Å². The first-order valence-electron chi connectivity index (χ1n) is 7.42. The second kappa shape index (κ2) is 8.05. The van der Waals surface area contributed by atoms with Crippen molar-refractivity contribution in [3.05, 3.63) is 34.9 Å². The second-order valence-electron chi connectivity index (χ2n) is 5.72. The van der Waals surface area contributed by atoms with Crippen molar-refractivity contribution in [3.63, 3.8) is 0 Å². The first-order chi connectivity index (χ1) is 9.43. The third-order valence-corrected chi connectivity index (χ3v) is 3.86. The monoisotopic (exact) mass is 277 g/mol. The van der Waals surface area contributed by atoms with E-state index in [1.54, 1.807) is 0 Å². The van der Waals surface area contributed by atoms with E-state index in [4.69, 9.17) is 5.11 Å². The summed E-state index contributed by atoms with van der Waals surface area (Å²) in [6.07, 6.45) is 3.25. The van der Waals surface area contributed by atoms with Crippen LogP contribution in [0.1, 0.15) is 42.9 Å². The fraction of sp³-hybridized carbons (Fsp3) is 0.588. The van der Waals surface area contributed by atoms with Crippen LogP contribution in [0, 0.1) is 13.8 Å². The average Bonchev–Trinajstić information content (AvgIpc) is 2.38. The highest BCUT2D eigenvalue weighted by Gasteiger charge is 2.19. The number of hydrogen-bond acceptors (Lipinski definition) is 2. The first kappa shape index (κ1) is 16.7. The molecule has 0 heterocycles. The third kappa shape index (κ3) is 5.33. The molecule has 0 bridgehead atoms. The maximum absolute atomic E-state index is 11.1. The van der Waals surface area contributed by atoms with Gasteiger partial charge in [0.2, 0.25) is 0 Å². The van der Waals surface area contributed by atoms with Crippen LogP contribution in [-0.2, 0) is 11.2 Å². The predicted octanol–water partition coefficient (Wildman–Crippen LogP) is 3.42. The molecule has 0 aliphatic rings. The molecule has 3 nitrogen and oxygen atoms in total. The molecule has 0 aromatic heterocycles. The summed E-state index contributed by atoms with van der Waals surface area (Å²) in [5.74, 6) is -0.719. The summed E-state index contributed by atoms with van der Waals surface area (Å²) < 4.78 is 0. The Labute approximate surface area is 122 Å². The summed E-state index contributed by atoms with van der Waals surface area (Å²) in [7, 11) is 2.04. The van der Waals surface area contributed by atoms with Crippen molar-refractivity contribution in [1.82, 2.24) is 4.90 Å². The van der Waals surface area contributed by atoms with Crippen LogP contribution in [0.25, 0.3) is 0 Å². The lowest BCUT2D eigenvalue weighted by molar-refractivity contribution is -0.138. The van der Waals surface area contributed by atoms with E-state index >= 15 is 0 Å². The number of hydrogen-bond donors (Lipinski definition) is 1. The second-order valence-corrected chi connectivity index (χ2v) is 5.72. The van der Waals surface area contributed by atoms with Gasteiger partial charge in [0.05, 0.1) is 6.42 Å². The Morgan fingerprint density at radius 2 is 2.05 bits per heavy atom. The summed E-state index contributed by atoms with van der Waals surface area (Å²) in [5.41, 5.74) is 3.74. The van der Waals surface area contributed by atoms with E-state index in [1.807, 2.05) is 7.05 Å². The van der Waals surface area contributed by atoms with Crippen LogP contribution in [0.4, 0.5) is 0 Å². The smallest absolute Gasteiger partial charge is 0.304 e. The van der Waals surface area contributed by atoms with Crippen molar-refractivity contribution >= 4 is 5.97 Å². The Balaban J connectivity index is 2.82. The summed E-state index contributed by atoms with van der Waals surface area (Å²) in [4.78, 5) is 13.3. The molecule has 20 heavy (non-hydrogen) atoms. The highest BCUT2D eigenvalue weighted by Crippen LogP contribution is 2.17. The van der Waals surface area contributed by atoms with Gasteiger partial charge in [-0.3, -0.25) is 4.79 Å². The molecule has 0 saturated carbocycles. The van der Waals surface area contributed by atoms with Gasteiger partial charge in [-0.15, -0.1) is 0 Å². The van der Waals surface area contributed by atoms with Crippen LogP contribution in [-0.4, -0.2) is 35.6 Å². The lowest BCUT2D eigenvalue weighted by Gasteiger charge is -2.27. The number of aryl methyl sites for hydroxylation is 2. The number of unbranched alkanes of at least 4 members (excludes halogenated alkanes) is 1. The Morgan fingerprint density at radius 3 is 2.65 bits per heavy atom. The minimum absolute atomic E-state index is 0.0690. The molecule has 0 radical (unpaired) electrons. The average molecular weight is 277 g/mol. The SMILES string of the molecule is CCCCN(C)C(CC(=O)O)Cc1cc(C)ccc1C.